The lowest BCUT2D eigenvalue weighted by atomic mass is 10.1. The van der Waals surface area contributed by atoms with Crippen molar-refractivity contribution in [1.82, 2.24) is 4.31 Å². The number of hydrogen-bond donors (Lipinski definition) is 2. The van der Waals surface area contributed by atoms with Crippen molar-refractivity contribution in [3.63, 3.8) is 0 Å². The molecule has 0 aromatic heterocycles. The molecule has 7 nitrogen and oxygen atoms in total. The molecule has 2 N–H and O–H groups in total. The lowest BCUT2D eigenvalue weighted by molar-refractivity contribution is -0.928. The fraction of sp³-hybridized carbons (Fsp3) is 0.588. The van der Waals surface area contributed by atoms with Crippen molar-refractivity contribution < 1.29 is 22.8 Å². The summed E-state index contributed by atoms with van der Waals surface area (Å²) in [6, 6.07) is 6.08. The molecule has 1 aliphatic rings. The number of carbonyl (C=O) groups excluding carboxylic acids is 1. The Labute approximate surface area is 150 Å². The number of hydrogen-bond acceptors (Lipinski definition) is 4. The van der Waals surface area contributed by atoms with Crippen LogP contribution in [0.4, 0.5) is 5.69 Å². The van der Waals surface area contributed by atoms with E-state index in [4.69, 9.17) is 4.74 Å². The summed E-state index contributed by atoms with van der Waals surface area (Å²) in [5, 5.41) is 2.84. The first-order valence-corrected chi connectivity index (χ1v) is 9.88. The number of morpholine rings is 1. The first kappa shape index (κ1) is 19.8. The minimum atomic E-state index is -3.53. The summed E-state index contributed by atoms with van der Waals surface area (Å²) in [7, 11) is -0.572. The molecule has 140 valence electrons. The van der Waals surface area contributed by atoms with Crippen LogP contribution in [-0.2, 0) is 19.6 Å². The van der Waals surface area contributed by atoms with Gasteiger partial charge < -0.3 is 15.0 Å². The van der Waals surface area contributed by atoms with Crippen LogP contribution in [0, 0.1) is 0 Å². The van der Waals surface area contributed by atoms with Crippen molar-refractivity contribution in [2.75, 3.05) is 32.5 Å². The van der Waals surface area contributed by atoms with Gasteiger partial charge in [0.15, 0.2) is 6.04 Å². The maximum Gasteiger partial charge on any atom is 0.282 e. The largest absolute Gasteiger partial charge is 0.364 e. The third-order valence-electron chi connectivity index (χ3n) is 4.45. The summed E-state index contributed by atoms with van der Waals surface area (Å²) in [5.74, 6) is -0.129. The first-order chi connectivity index (χ1) is 11.6. The van der Waals surface area contributed by atoms with Crippen molar-refractivity contribution in [3.05, 3.63) is 24.3 Å². The highest BCUT2D eigenvalue weighted by Crippen LogP contribution is 2.18. The molecule has 25 heavy (non-hydrogen) atoms. The molecule has 0 radical (unpaired) electrons. The maximum atomic E-state index is 12.6. The number of quaternary nitrogens is 1. The average Bonchev–Trinajstić information content (AvgIpc) is 2.53. The summed E-state index contributed by atoms with van der Waals surface area (Å²) in [6.45, 7) is 7.45. The lowest BCUT2D eigenvalue weighted by Crippen LogP contribution is -3.19. The summed E-state index contributed by atoms with van der Waals surface area (Å²) < 4.78 is 31.3. The van der Waals surface area contributed by atoms with Crippen molar-refractivity contribution in [1.29, 1.82) is 0 Å². The number of rotatable bonds is 5. The van der Waals surface area contributed by atoms with Gasteiger partial charge in [-0.2, -0.15) is 0 Å². The second-order valence-corrected chi connectivity index (χ2v) is 9.00. The van der Waals surface area contributed by atoms with Gasteiger partial charge in [-0.3, -0.25) is 4.79 Å². The Kier molecular flexibility index (Phi) is 6.21. The molecule has 1 aliphatic heterocycles. The van der Waals surface area contributed by atoms with Crippen molar-refractivity contribution in [3.8, 4) is 0 Å². The zero-order chi connectivity index (χ0) is 18.8. The van der Waals surface area contributed by atoms with Gasteiger partial charge in [-0.15, -0.1) is 0 Å². The molecule has 0 saturated carbocycles. The molecular weight excluding hydrogens is 342 g/mol. The van der Waals surface area contributed by atoms with Crippen LogP contribution >= 0.6 is 0 Å². The van der Waals surface area contributed by atoms with E-state index in [9.17, 15) is 13.2 Å². The van der Waals surface area contributed by atoms with Gasteiger partial charge in [0.05, 0.1) is 4.90 Å². The summed E-state index contributed by atoms with van der Waals surface area (Å²) in [5.41, 5.74) is 0.480. The van der Waals surface area contributed by atoms with Crippen LogP contribution in [0.15, 0.2) is 29.2 Å². The number of nitrogens with one attached hydrogen (secondary N) is 2. The third kappa shape index (κ3) is 4.78. The monoisotopic (exact) mass is 370 g/mol. The topological polar surface area (TPSA) is 80.2 Å². The smallest absolute Gasteiger partial charge is 0.282 e. The van der Waals surface area contributed by atoms with Crippen LogP contribution in [0.2, 0.25) is 0 Å². The molecule has 1 aromatic rings. The molecule has 1 heterocycles. The maximum absolute atomic E-state index is 12.6. The van der Waals surface area contributed by atoms with Gasteiger partial charge in [-0.25, -0.2) is 12.7 Å². The van der Waals surface area contributed by atoms with Gasteiger partial charge in [-0.05, 0) is 39.0 Å². The van der Waals surface area contributed by atoms with E-state index in [0.717, 1.165) is 17.4 Å². The Morgan fingerprint density at radius 1 is 1.28 bits per heavy atom. The van der Waals surface area contributed by atoms with Crippen LogP contribution < -0.4 is 10.2 Å². The van der Waals surface area contributed by atoms with E-state index >= 15 is 0 Å². The highest BCUT2D eigenvalue weighted by molar-refractivity contribution is 7.89. The van der Waals surface area contributed by atoms with Crippen molar-refractivity contribution >= 4 is 21.6 Å². The van der Waals surface area contributed by atoms with E-state index in [1.807, 2.05) is 20.8 Å². The van der Waals surface area contributed by atoms with Crippen molar-refractivity contribution in [2.24, 2.45) is 0 Å². The first-order valence-electron chi connectivity index (χ1n) is 8.44. The molecule has 0 unspecified atom stereocenters. The van der Waals surface area contributed by atoms with E-state index in [1.165, 1.54) is 31.1 Å². The Bertz CT molecular complexity index is 710. The van der Waals surface area contributed by atoms with Crippen molar-refractivity contribution in [2.45, 2.75) is 43.9 Å². The van der Waals surface area contributed by atoms with Gasteiger partial charge in [0.2, 0.25) is 10.0 Å². The van der Waals surface area contributed by atoms with Crippen LogP contribution in [-0.4, -0.2) is 64.1 Å². The summed E-state index contributed by atoms with van der Waals surface area (Å²) >= 11 is 0. The standard InChI is InChI=1S/C17H27N3O4S/c1-12-10-20(11-13(2)24-12)14(3)17(21)18-15-7-6-8-16(9-15)25(22,23)19(4)5/h6-9,12-14H,10-11H2,1-5H3,(H,18,21)/p+1/t12-,13-,14+/m1/s1. The Morgan fingerprint density at radius 3 is 2.44 bits per heavy atom. The Morgan fingerprint density at radius 2 is 1.88 bits per heavy atom. The second kappa shape index (κ2) is 7.82. The Hall–Kier alpha value is -1.48. The quantitative estimate of drug-likeness (QED) is 0.762. The van der Waals surface area contributed by atoms with Gasteiger partial charge >= 0.3 is 0 Å². The summed E-state index contributed by atoms with van der Waals surface area (Å²) in [6.07, 6.45) is 0.227. The minimum Gasteiger partial charge on any atom is -0.364 e. The zero-order valence-electron chi connectivity index (χ0n) is 15.4. The molecule has 2 rings (SSSR count). The van der Waals surface area contributed by atoms with Crippen LogP contribution in [0.5, 0.6) is 0 Å². The zero-order valence-corrected chi connectivity index (χ0v) is 16.3. The predicted molar refractivity (Wildman–Crippen MR) is 96.1 cm³/mol. The number of anilines is 1. The van der Waals surface area contributed by atoms with Crippen LogP contribution in [0.1, 0.15) is 20.8 Å². The molecule has 3 atom stereocenters. The molecule has 1 fully saturated rings. The lowest BCUT2D eigenvalue weighted by Gasteiger charge is -2.35. The van der Waals surface area contributed by atoms with Crippen LogP contribution in [0.3, 0.4) is 0 Å². The number of sulfonamides is 1. The molecular formula is C17H28N3O4S+. The molecule has 0 bridgehead atoms. The second-order valence-electron chi connectivity index (χ2n) is 6.85. The number of carbonyl (C=O) groups is 1. The number of nitrogens with zero attached hydrogens (tertiary/aromatic N) is 1. The highest BCUT2D eigenvalue weighted by Gasteiger charge is 2.33. The van der Waals surface area contributed by atoms with Gasteiger partial charge in [0, 0.05) is 19.8 Å². The highest BCUT2D eigenvalue weighted by atomic mass is 32.2. The van der Waals surface area contributed by atoms with E-state index in [-0.39, 0.29) is 29.1 Å². The van der Waals surface area contributed by atoms with E-state index in [2.05, 4.69) is 5.32 Å². The van der Waals surface area contributed by atoms with Gasteiger partial charge in [-0.1, -0.05) is 6.07 Å². The number of benzene rings is 1. The Balaban J connectivity index is 2.10. The van der Waals surface area contributed by atoms with Gasteiger partial charge in [0.1, 0.15) is 25.3 Å². The molecule has 8 heteroatoms. The molecule has 1 aromatic carbocycles. The third-order valence-corrected chi connectivity index (χ3v) is 6.26. The predicted octanol–water partition coefficient (Wildman–Crippen LogP) is -0.0440. The van der Waals surface area contributed by atoms with Crippen LogP contribution in [0.25, 0.3) is 0 Å². The molecule has 0 spiro atoms. The molecule has 1 saturated heterocycles. The van der Waals surface area contributed by atoms with E-state index in [1.54, 1.807) is 12.1 Å². The molecule has 1 amide bonds. The minimum absolute atomic E-state index is 0.113. The normalized spacial score (nSPS) is 25.6. The van der Waals surface area contributed by atoms with Gasteiger partial charge in [0.25, 0.3) is 5.91 Å². The van der Waals surface area contributed by atoms with E-state index in [0.29, 0.717) is 5.69 Å². The fourth-order valence-electron chi connectivity index (χ4n) is 3.05. The number of ether oxygens (including phenoxy) is 1. The van der Waals surface area contributed by atoms with E-state index < -0.39 is 10.0 Å². The SMILES string of the molecule is C[C@@H]1C[NH+]([C@@H](C)C(=O)Nc2cccc(S(=O)(=O)N(C)C)c2)C[C@@H](C)O1. The average molecular weight is 370 g/mol. The fourth-order valence-corrected chi connectivity index (χ4v) is 4.00. The summed E-state index contributed by atoms with van der Waals surface area (Å²) in [4.78, 5) is 13.9. The molecule has 0 aliphatic carbocycles. The number of amides is 1.